The number of nitrogens with one attached hydrogen (secondary N) is 1. The van der Waals surface area contributed by atoms with Crippen LogP contribution in [0.3, 0.4) is 0 Å². The minimum absolute atomic E-state index is 0.0656. The van der Waals surface area contributed by atoms with Gasteiger partial charge in [-0.3, -0.25) is 9.59 Å². The number of rotatable bonds is 4. The summed E-state index contributed by atoms with van der Waals surface area (Å²) < 4.78 is 0. The Morgan fingerprint density at radius 3 is 2.72 bits per heavy atom. The van der Waals surface area contributed by atoms with E-state index >= 15 is 0 Å². The SMILES string of the molecule is CN(C)c1ncc(C(=O)N2CC(NC(=O)[C@@]34CCC[C@@H]3C4)C2)cc1Cl. The van der Waals surface area contributed by atoms with E-state index in [0.717, 1.165) is 12.8 Å². The Bertz CT molecular complexity index is 732. The van der Waals surface area contributed by atoms with Crippen LogP contribution in [0.1, 0.15) is 36.0 Å². The number of carbonyl (C=O) groups excluding carboxylic acids is 2. The number of halogens is 1. The lowest BCUT2D eigenvalue weighted by Gasteiger charge is -2.40. The molecule has 2 atom stereocenters. The topological polar surface area (TPSA) is 65.5 Å². The molecule has 2 heterocycles. The highest BCUT2D eigenvalue weighted by molar-refractivity contribution is 6.33. The highest BCUT2D eigenvalue weighted by Gasteiger charge is 2.62. The Morgan fingerprint density at radius 2 is 2.16 bits per heavy atom. The maximum Gasteiger partial charge on any atom is 0.255 e. The van der Waals surface area contributed by atoms with Crippen LogP contribution in [0.5, 0.6) is 0 Å². The maximum atomic E-state index is 12.5. The second kappa shape index (κ2) is 5.87. The summed E-state index contributed by atoms with van der Waals surface area (Å²) in [7, 11) is 3.71. The summed E-state index contributed by atoms with van der Waals surface area (Å²) in [4.78, 5) is 32.8. The number of hydrogen-bond acceptors (Lipinski definition) is 4. The van der Waals surface area contributed by atoms with Crippen LogP contribution in [0.2, 0.25) is 5.02 Å². The van der Waals surface area contributed by atoms with E-state index in [9.17, 15) is 9.59 Å². The van der Waals surface area contributed by atoms with Crippen LogP contribution in [0.15, 0.2) is 12.3 Å². The third-order valence-corrected chi connectivity index (χ3v) is 6.13. The van der Waals surface area contributed by atoms with Crippen molar-refractivity contribution in [2.45, 2.75) is 31.7 Å². The molecule has 1 aromatic rings. The van der Waals surface area contributed by atoms with Gasteiger partial charge < -0.3 is 15.1 Å². The Balaban J connectivity index is 1.32. The predicted molar refractivity (Wildman–Crippen MR) is 95.8 cm³/mol. The Morgan fingerprint density at radius 1 is 1.40 bits per heavy atom. The van der Waals surface area contributed by atoms with Gasteiger partial charge in [-0.2, -0.15) is 0 Å². The van der Waals surface area contributed by atoms with E-state index in [1.165, 1.54) is 12.8 Å². The van der Waals surface area contributed by atoms with Gasteiger partial charge >= 0.3 is 0 Å². The molecule has 0 aromatic carbocycles. The number of fused-ring (bicyclic) bond motifs is 1. The molecular formula is C18H23ClN4O2. The van der Waals surface area contributed by atoms with Gasteiger partial charge in [0.25, 0.3) is 5.91 Å². The summed E-state index contributed by atoms with van der Waals surface area (Å²) >= 11 is 6.19. The van der Waals surface area contributed by atoms with Gasteiger partial charge in [0, 0.05) is 33.4 Å². The summed E-state index contributed by atoms with van der Waals surface area (Å²) in [6.45, 7) is 1.11. The molecule has 3 fully saturated rings. The summed E-state index contributed by atoms with van der Waals surface area (Å²) in [6.07, 6.45) is 6.00. The fourth-order valence-corrected chi connectivity index (χ4v) is 4.58. The number of amides is 2. The van der Waals surface area contributed by atoms with Gasteiger partial charge in [0.05, 0.1) is 22.0 Å². The minimum Gasteiger partial charge on any atom is -0.362 e. The monoisotopic (exact) mass is 362 g/mol. The van der Waals surface area contributed by atoms with Crippen LogP contribution >= 0.6 is 11.6 Å². The average molecular weight is 363 g/mol. The number of carbonyl (C=O) groups is 2. The van der Waals surface area contributed by atoms with Crippen molar-refractivity contribution in [1.29, 1.82) is 0 Å². The Hall–Kier alpha value is -1.82. The second-order valence-electron chi connectivity index (χ2n) is 7.75. The van der Waals surface area contributed by atoms with Crippen LogP contribution in [-0.4, -0.2) is 54.9 Å². The van der Waals surface area contributed by atoms with Crippen molar-refractivity contribution in [2.24, 2.45) is 11.3 Å². The van der Waals surface area contributed by atoms with Crippen molar-refractivity contribution in [3.63, 3.8) is 0 Å². The molecule has 7 heteroatoms. The number of likely N-dealkylation sites (tertiary alicyclic amines) is 1. The summed E-state index contributed by atoms with van der Waals surface area (Å²) in [5, 5.41) is 3.59. The largest absolute Gasteiger partial charge is 0.362 e. The molecule has 0 spiro atoms. The minimum atomic E-state index is -0.0893. The van der Waals surface area contributed by atoms with E-state index in [-0.39, 0.29) is 23.3 Å². The number of pyridine rings is 1. The van der Waals surface area contributed by atoms with Gasteiger partial charge in [0.1, 0.15) is 5.82 Å². The molecule has 1 aromatic heterocycles. The number of nitrogens with zero attached hydrogens (tertiary/aromatic N) is 3. The van der Waals surface area contributed by atoms with Crippen LogP contribution < -0.4 is 10.2 Å². The van der Waals surface area contributed by atoms with E-state index in [2.05, 4.69) is 10.3 Å². The molecule has 3 aliphatic rings. The maximum absolute atomic E-state index is 12.5. The molecule has 2 saturated carbocycles. The van der Waals surface area contributed by atoms with Crippen molar-refractivity contribution >= 4 is 29.2 Å². The molecule has 0 unspecified atom stereocenters. The molecule has 4 rings (SSSR count). The number of anilines is 1. The zero-order valence-electron chi connectivity index (χ0n) is 14.6. The van der Waals surface area contributed by atoms with Crippen molar-refractivity contribution < 1.29 is 9.59 Å². The van der Waals surface area contributed by atoms with Crippen LogP contribution in [0.25, 0.3) is 0 Å². The predicted octanol–water partition coefficient (Wildman–Crippen LogP) is 1.93. The molecular weight excluding hydrogens is 340 g/mol. The lowest BCUT2D eigenvalue weighted by Crippen LogP contribution is -2.61. The van der Waals surface area contributed by atoms with Crippen molar-refractivity contribution in [3.05, 3.63) is 22.8 Å². The Labute approximate surface area is 152 Å². The first-order chi connectivity index (χ1) is 11.9. The van der Waals surface area contributed by atoms with Gasteiger partial charge in [-0.15, -0.1) is 0 Å². The lowest BCUT2D eigenvalue weighted by molar-refractivity contribution is -0.128. The fourth-order valence-electron chi connectivity index (χ4n) is 4.24. The standard InChI is InChI=1S/C18H23ClN4O2/c1-22(2)15-14(19)6-11(8-20-15)16(24)23-9-13(10-23)21-17(25)18-5-3-4-12(18)7-18/h6,8,12-13H,3-5,7,9-10H2,1-2H3,(H,21,25)/t12-,18-/m1/s1. The van der Waals surface area contributed by atoms with Gasteiger partial charge in [0.2, 0.25) is 5.91 Å². The van der Waals surface area contributed by atoms with Crippen LogP contribution in [0, 0.1) is 11.3 Å². The zero-order valence-corrected chi connectivity index (χ0v) is 15.3. The Kier molecular flexibility index (Phi) is 3.90. The smallest absolute Gasteiger partial charge is 0.255 e. The van der Waals surface area contributed by atoms with E-state index in [4.69, 9.17) is 11.6 Å². The first-order valence-corrected chi connectivity index (χ1v) is 9.21. The van der Waals surface area contributed by atoms with Crippen molar-refractivity contribution in [3.8, 4) is 0 Å². The molecule has 1 N–H and O–H groups in total. The molecule has 2 aliphatic carbocycles. The van der Waals surface area contributed by atoms with Gasteiger partial charge in [0.15, 0.2) is 0 Å². The fraction of sp³-hybridized carbons (Fsp3) is 0.611. The first kappa shape index (κ1) is 16.6. The second-order valence-corrected chi connectivity index (χ2v) is 8.16. The summed E-state index contributed by atoms with van der Waals surface area (Å²) in [5.41, 5.74) is 0.418. The highest BCUT2D eigenvalue weighted by atomic mass is 35.5. The summed E-state index contributed by atoms with van der Waals surface area (Å²) in [5.74, 6) is 1.36. The molecule has 2 amide bonds. The first-order valence-electron chi connectivity index (χ1n) is 8.84. The van der Waals surface area contributed by atoms with Gasteiger partial charge in [-0.25, -0.2) is 4.98 Å². The molecule has 1 aliphatic heterocycles. The molecule has 6 nitrogen and oxygen atoms in total. The number of hydrogen-bond donors (Lipinski definition) is 1. The molecule has 0 radical (unpaired) electrons. The van der Waals surface area contributed by atoms with E-state index in [1.807, 2.05) is 14.1 Å². The van der Waals surface area contributed by atoms with E-state index in [0.29, 0.717) is 35.4 Å². The quantitative estimate of drug-likeness (QED) is 0.888. The van der Waals surface area contributed by atoms with Crippen LogP contribution in [-0.2, 0) is 4.79 Å². The van der Waals surface area contributed by atoms with Gasteiger partial charge in [-0.05, 0) is 31.2 Å². The normalized spacial score (nSPS) is 27.5. The zero-order chi connectivity index (χ0) is 17.8. The average Bonchev–Trinajstić information content (AvgIpc) is 3.10. The molecule has 0 bridgehead atoms. The van der Waals surface area contributed by atoms with Crippen LogP contribution in [0.4, 0.5) is 5.82 Å². The van der Waals surface area contributed by atoms with Crippen molar-refractivity contribution in [2.75, 3.05) is 32.1 Å². The molecule has 134 valence electrons. The third-order valence-electron chi connectivity index (χ3n) is 5.86. The lowest BCUT2D eigenvalue weighted by atomic mass is 10.0. The van der Waals surface area contributed by atoms with Gasteiger partial charge in [-0.1, -0.05) is 18.0 Å². The van der Waals surface area contributed by atoms with Crippen molar-refractivity contribution in [1.82, 2.24) is 15.2 Å². The highest BCUT2D eigenvalue weighted by Crippen LogP contribution is 2.63. The molecule has 1 saturated heterocycles. The molecule has 25 heavy (non-hydrogen) atoms. The summed E-state index contributed by atoms with van der Waals surface area (Å²) in [6, 6.07) is 1.72. The third kappa shape index (κ3) is 2.76. The number of aromatic nitrogens is 1. The van der Waals surface area contributed by atoms with E-state index < -0.39 is 0 Å². The van der Waals surface area contributed by atoms with E-state index in [1.54, 1.807) is 22.1 Å².